The quantitative estimate of drug-likeness (QED) is 0.805. The maximum absolute atomic E-state index is 11.9. The van der Waals surface area contributed by atoms with Crippen LogP contribution in [0.25, 0.3) is 0 Å². The van der Waals surface area contributed by atoms with Gasteiger partial charge < -0.3 is 15.2 Å². The number of benzene rings is 1. The monoisotopic (exact) mass is 291 g/mol. The van der Waals surface area contributed by atoms with Crippen LogP contribution in [0.15, 0.2) is 24.3 Å². The van der Waals surface area contributed by atoms with E-state index in [4.69, 9.17) is 9.84 Å². The molecule has 1 aromatic carbocycles. The summed E-state index contributed by atoms with van der Waals surface area (Å²) in [6.45, 7) is 0.433. The molecule has 114 valence electrons. The molecule has 0 radical (unpaired) electrons. The molecule has 0 bridgehead atoms. The lowest BCUT2D eigenvalue weighted by molar-refractivity contribution is -0.134. The van der Waals surface area contributed by atoms with E-state index in [0.717, 1.165) is 24.8 Å². The molecule has 0 heterocycles. The SMILES string of the molecule is COC1(CC(=O)NCCc2ccccc2C(=O)O)CCC1. The Labute approximate surface area is 124 Å². The Morgan fingerprint density at radius 3 is 2.62 bits per heavy atom. The zero-order valence-corrected chi connectivity index (χ0v) is 12.2. The van der Waals surface area contributed by atoms with Crippen molar-refractivity contribution in [2.45, 2.75) is 37.7 Å². The first-order chi connectivity index (χ1) is 10.1. The number of ether oxygens (including phenoxy) is 1. The number of carbonyl (C=O) groups is 2. The van der Waals surface area contributed by atoms with Crippen LogP contribution in [0.1, 0.15) is 41.6 Å². The molecule has 1 saturated carbocycles. The maximum Gasteiger partial charge on any atom is 0.335 e. The number of carbonyl (C=O) groups excluding carboxylic acids is 1. The third-order valence-electron chi connectivity index (χ3n) is 4.14. The van der Waals surface area contributed by atoms with Gasteiger partial charge in [-0.3, -0.25) is 4.79 Å². The van der Waals surface area contributed by atoms with Gasteiger partial charge in [0, 0.05) is 13.7 Å². The van der Waals surface area contributed by atoms with Crippen molar-refractivity contribution in [2.24, 2.45) is 0 Å². The highest BCUT2D eigenvalue weighted by Crippen LogP contribution is 2.37. The van der Waals surface area contributed by atoms with E-state index in [9.17, 15) is 9.59 Å². The van der Waals surface area contributed by atoms with Gasteiger partial charge in [-0.05, 0) is 37.3 Å². The highest BCUT2D eigenvalue weighted by atomic mass is 16.5. The molecule has 0 saturated heterocycles. The van der Waals surface area contributed by atoms with E-state index >= 15 is 0 Å². The number of methoxy groups -OCH3 is 1. The summed E-state index contributed by atoms with van der Waals surface area (Å²) in [4.78, 5) is 23.0. The van der Waals surface area contributed by atoms with Crippen molar-refractivity contribution in [3.8, 4) is 0 Å². The number of aromatic carboxylic acids is 1. The molecule has 1 aliphatic carbocycles. The normalized spacial score (nSPS) is 16.0. The van der Waals surface area contributed by atoms with Crippen LogP contribution in [-0.4, -0.2) is 36.2 Å². The number of nitrogens with one attached hydrogen (secondary N) is 1. The number of rotatable bonds is 7. The van der Waals surface area contributed by atoms with E-state index in [2.05, 4.69) is 5.32 Å². The number of carboxylic acids is 1. The lowest BCUT2D eigenvalue weighted by Crippen LogP contribution is -2.44. The van der Waals surface area contributed by atoms with Crippen LogP contribution < -0.4 is 5.32 Å². The van der Waals surface area contributed by atoms with E-state index in [1.165, 1.54) is 0 Å². The lowest BCUT2D eigenvalue weighted by Gasteiger charge is -2.39. The average Bonchev–Trinajstić information content (AvgIpc) is 2.43. The van der Waals surface area contributed by atoms with E-state index in [1.807, 2.05) is 0 Å². The predicted molar refractivity (Wildman–Crippen MR) is 78.3 cm³/mol. The fourth-order valence-electron chi connectivity index (χ4n) is 2.66. The Morgan fingerprint density at radius 2 is 2.05 bits per heavy atom. The summed E-state index contributed by atoms with van der Waals surface area (Å²) in [5.74, 6) is -0.978. The van der Waals surface area contributed by atoms with Crippen molar-refractivity contribution in [3.63, 3.8) is 0 Å². The second-order valence-corrected chi connectivity index (χ2v) is 5.48. The maximum atomic E-state index is 11.9. The standard InChI is InChI=1S/C16H21NO4/c1-21-16(8-4-9-16)11-14(18)17-10-7-12-5-2-3-6-13(12)15(19)20/h2-3,5-6H,4,7-11H2,1H3,(H,17,18)(H,19,20). The van der Waals surface area contributed by atoms with Gasteiger partial charge in [-0.15, -0.1) is 0 Å². The number of carboxylic acid groups (broad SMARTS) is 1. The minimum absolute atomic E-state index is 0.0376. The predicted octanol–water partition coefficient (Wildman–Crippen LogP) is 2.00. The Kier molecular flexibility index (Phi) is 4.96. The van der Waals surface area contributed by atoms with Gasteiger partial charge >= 0.3 is 5.97 Å². The summed E-state index contributed by atoms with van der Waals surface area (Å²) in [7, 11) is 1.65. The molecule has 5 nitrogen and oxygen atoms in total. The van der Waals surface area contributed by atoms with Gasteiger partial charge in [-0.1, -0.05) is 18.2 Å². The molecule has 0 unspecified atom stereocenters. The fourth-order valence-corrected chi connectivity index (χ4v) is 2.66. The summed E-state index contributed by atoms with van der Waals surface area (Å²) in [5, 5.41) is 11.9. The highest BCUT2D eigenvalue weighted by molar-refractivity contribution is 5.89. The molecule has 1 aliphatic rings. The van der Waals surface area contributed by atoms with Crippen molar-refractivity contribution >= 4 is 11.9 Å². The van der Waals surface area contributed by atoms with Crippen LogP contribution in [-0.2, 0) is 16.0 Å². The van der Waals surface area contributed by atoms with Crippen molar-refractivity contribution in [1.29, 1.82) is 0 Å². The molecule has 5 heteroatoms. The largest absolute Gasteiger partial charge is 0.478 e. The first-order valence-corrected chi connectivity index (χ1v) is 7.19. The van der Waals surface area contributed by atoms with Gasteiger partial charge in [0.2, 0.25) is 5.91 Å². The van der Waals surface area contributed by atoms with E-state index in [-0.39, 0.29) is 11.5 Å². The van der Waals surface area contributed by atoms with Crippen molar-refractivity contribution in [3.05, 3.63) is 35.4 Å². The first-order valence-electron chi connectivity index (χ1n) is 7.19. The van der Waals surface area contributed by atoms with E-state index < -0.39 is 5.97 Å². The smallest absolute Gasteiger partial charge is 0.335 e. The molecule has 21 heavy (non-hydrogen) atoms. The van der Waals surface area contributed by atoms with Gasteiger partial charge in [0.15, 0.2) is 0 Å². The zero-order valence-electron chi connectivity index (χ0n) is 12.2. The Bertz CT molecular complexity index is 517. The minimum atomic E-state index is -0.940. The number of hydrogen-bond acceptors (Lipinski definition) is 3. The van der Waals surface area contributed by atoms with Crippen molar-refractivity contribution in [1.82, 2.24) is 5.32 Å². The molecule has 2 rings (SSSR count). The number of amides is 1. The van der Waals surface area contributed by atoms with Gasteiger partial charge in [0.05, 0.1) is 17.6 Å². The van der Waals surface area contributed by atoms with Crippen LogP contribution >= 0.6 is 0 Å². The molecule has 1 aromatic rings. The molecule has 0 atom stereocenters. The molecule has 1 amide bonds. The van der Waals surface area contributed by atoms with Crippen LogP contribution in [0.3, 0.4) is 0 Å². The summed E-state index contributed by atoms with van der Waals surface area (Å²) in [6, 6.07) is 6.86. The molecular formula is C16H21NO4. The summed E-state index contributed by atoms with van der Waals surface area (Å²) >= 11 is 0. The Hall–Kier alpha value is -1.88. The molecule has 2 N–H and O–H groups in total. The third kappa shape index (κ3) is 3.82. The minimum Gasteiger partial charge on any atom is -0.478 e. The summed E-state index contributed by atoms with van der Waals surface area (Å²) in [5.41, 5.74) is 0.748. The van der Waals surface area contributed by atoms with Crippen LogP contribution in [0.4, 0.5) is 0 Å². The topological polar surface area (TPSA) is 75.6 Å². The van der Waals surface area contributed by atoms with E-state index in [0.29, 0.717) is 24.9 Å². The number of hydrogen-bond donors (Lipinski definition) is 2. The summed E-state index contributed by atoms with van der Waals surface area (Å²) < 4.78 is 5.42. The van der Waals surface area contributed by atoms with Gasteiger partial charge in [-0.2, -0.15) is 0 Å². The molecular weight excluding hydrogens is 270 g/mol. The molecule has 0 aliphatic heterocycles. The van der Waals surface area contributed by atoms with Gasteiger partial charge in [0.1, 0.15) is 0 Å². The van der Waals surface area contributed by atoms with Crippen molar-refractivity contribution < 1.29 is 19.4 Å². The Morgan fingerprint density at radius 1 is 1.33 bits per heavy atom. The molecule has 0 spiro atoms. The lowest BCUT2D eigenvalue weighted by atomic mass is 9.77. The zero-order chi connectivity index (χ0) is 15.3. The molecule has 1 fully saturated rings. The summed E-state index contributed by atoms with van der Waals surface area (Å²) in [6.07, 6.45) is 3.85. The first kappa shape index (κ1) is 15.5. The van der Waals surface area contributed by atoms with Crippen LogP contribution in [0.2, 0.25) is 0 Å². The van der Waals surface area contributed by atoms with Gasteiger partial charge in [-0.25, -0.2) is 4.79 Å². The van der Waals surface area contributed by atoms with Crippen LogP contribution in [0.5, 0.6) is 0 Å². The second-order valence-electron chi connectivity index (χ2n) is 5.48. The molecule has 0 aromatic heterocycles. The fraction of sp³-hybridized carbons (Fsp3) is 0.500. The average molecular weight is 291 g/mol. The third-order valence-corrected chi connectivity index (χ3v) is 4.14. The highest BCUT2D eigenvalue weighted by Gasteiger charge is 2.38. The second kappa shape index (κ2) is 6.72. The van der Waals surface area contributed by atoms with Crippen LogP contribution in [0, 0.1) is 0 Å². The van der Waals surface area contributed by atoms with Gasteiger partial charge in [0.25, 0.3) is 0 Å². The van der Waals surface area contributed by atoms with Crippen molar-refractivity contribution in [2.75, 3.05) is 13.7 Å². The Balaban J connectivity index is 1.82. The van der Waals surface area contributed by atoms with E-state index in [1.54, 1.807) is 31.4 Å².